The van der Waals surface area contributed by atoms with Gasteiger partial charge in [-0.25, -0.2) is 9.98 Å². The Morgan fingerprint density at radius 2 is 2.08 bits per heavy atom. The molecule has 25 heavy (non-hydrogen) atoms. The van der Waals surface area contributed by atoms with Crippen LogP contribution in [0.25, 0.3) is 6.08 Å². The Morgan fingerprint density at radius 3 is 2.92 bits per heavy atom. The summed E-state index contributed by atoms with van der Waals surface area (Å²) in [7, 11) is 0. The Balaban J connectivity index is 1.61. The van der Waals surface area contributed by atoms with E-state index in [-0.39, 0.29) is 12.0 Å². The van der Waals surface area contributed by atoms with Crippen LogP contribution in [0.2, 0.25) is 0 Å². The van der Waals surface area contributed by atoms with E-state index in [0.717, 1.165) is 16.9 Å². The molecule has 1 N–H and O–H groups in total. The number of aromatic nitrogens is 1. The van der Waals surface area contributed by atoms with E-state index in [9.17, 15) is 4.79 Å². The maximum absolute atomic E-state index is 12.2. The van der Waals surface area contributed by atoms with Crippen LogP contribution >= 0.6 is 11.8 Å². The van der Waals surface area contributed by atoms with E-state index in [1.165, 1.54) is 11.8 Å². The summed E-state index contributed by atoms with van der Waals surface area (Å²) in [5.41, 5.74) is 1.97. The van der Waals surface area contributed by atoms with Crippen molar-refractivity contribution in [2.24, 2.45) is 4.99 Å². The molecule has 0 saturated carbocycles. The Labute approximate surface area is 149 Å². The van der Waals surface area contributed by atoms with E-state index < -0.39 is 0 Å². The molecule has 6 heteroatoms. The minimum atomic E-state index is -0.161. The van der Waals surface area contributed by atoms with Gasteiger partial charge in [-0.2, -0.15) is 0 Å². The summed E-state index contributed by atoms with van der Waals surface area (Å²) in [6.07, 6.45) is 5.47. The number of fused-ring (bicyclic) bond motifs is 1. The van der Waals surface area contributed by atoms with Crippen molar-refractivity contribution in [1.29, 1.82) is 0 Å². The van der Waals surface area contributed by atoms with E-state index in [1.807, 2.05) is 49.4 Å². The predicted octanol–water partition coefficient (Wildman–Crippen LogP) is 3.68. The second-order valence-corrected chi connectivity index (χ2v) is 6.64. The fourth-order valence-corrected chi connectivity index (χ4v) is 3.41. The molecule has 2 aromatic rings. The molecule has 1 fully saturated rings. The average molecular weight is 349 g/mol. The lowest BCUT2D eigenvalue weighted by atomic mass is 10.0. The highest BCUT2D eigenvalue weighted by Crippen LogP contribution is 2.33. The predicted molar refractivity (Wildman–Crippen MR) is 99.7 cm³/mol. The van der Waals surface area contributed by atoms with Gasteiger partial charge in [-0.05, 0) is 54.6 Å². The van der Waals surface area contributed by atoms with E-state index in [0.29, 0.717) is 15.9 Å². The molecule has 1 atom stereocenters. The summed E-state index contributed by atoms with van der Waals surface area (Å²) in [5.74, 6) is 1.26. The minimum absolute atomic E-state index is 0.118. The van der Waals surface area contributed by atoms with Crippen LogP contribution in [0.15, 0.2) is 70.2 Å². The average Bonchev–Trinajstić information content (AvgIpc) is 2.95. The molecule has 5 nitrogen and oxygen atoms in total. The van der Waals surface area contributed by atoms with Crippen molar-refractivity contribution in [2.75, 3.05) is 0 Å². The quantitative estimate of drug-likeness (QED) is 0.840. The van der Waals surface area contributed by atoms with E-state index in [4.69, 9.17) is 4.74 Å². The fraction of sp³-hybridized carbons (Fsp3) is 0.105. The molecule has 0 spiro atoms. The van der Waals surface area contributed by atoms with Gasteiger partial charge in [0.15, 0.2) is 11.0 Å². The first kappa shape index (κ1) is 15.7. The number of hydrogen-bond donors (Lipinski definition) is 1. The normalized spacial score (nSPS) is 22.4. The number of nitrogens with one attached hydrogen (secondary N) is 1. The number of carbonyl (C=O) groups is 1. The smallest absolute Gasteiger partial charge is 0.264 e. The number of ether oxygens (including phenoxy) is 1. The number of pyridine rings is 1. The largest absolute Gasteiger partial charge is 0.485 e. The van der Waals surface area contributed by atoms with Crippen LogP contribution in [0, 0.1) is 0 Å². The van der Waals surface area contributed by atoms with Crippen molar-refractivity contribution in [3.63, 3.8) is 0 Å². The topological polar surface area (TPSA) is 63.6 Å². The Bertz CT molecular complexity index is 919. The monoisotopic (exact) mass is 349 g/mol. The number of amidine groups is 1. The molecule has 1 amide bonds. The molecule has 0 bridgehead atoms. The number of para-hydroxylation sites is 1. The number of hydrogen-bond acceptors (Lipinski definition) is 5. The zero-order chi connectivity index (χ0) is 17.2. The molecule has 1 aromatic carbocycles. The Kier molecular flexibility index (Phi) is 4.11. The van der Waals surface area contributed by atoms with Crippen molar-refractivity contribution in [3.8, 4) is 5.75 Å². The molecule has 0 aliphatic carbocycles. The third kappa shape index (κ3) is 3.34. The van der Waals surface area contributed by atoms with Gasteiger partial charge >= 0.3 is 0 Å². The lowest BCUT2D eigenvalue weighted by Gasteiger charge is -2.22. The summed E-state index contributed by atoms with van der Waals surface area (Å²) in [6, 6.07) is 13.3. The van der Waals surface area contributed by atoms with Crippen molar-refractivity contribution in [1.82, 2.24) is 10.3 Å². The summed E-state index contributed by atoms with van der Waals surface area (Å²) < 4.78 is 5.92. The van der Waals surface area contributed by atoms with Crippen LogP contribution in [-0.2, 0) is 4.79 Å². The van der Waals surface area contributed by atoms with Gasteiger partial charge in [0.25, 0.3) is 5.91 Å². The van der Waals surface area contributed by atoms with Crippen LogP contribution in [0.5, 0.6) is 5.75 Å². The van der Waals surface area contributed by atoms with Gasteiger partial charge in [-0.1, -0.05) is 24.3 Å². The number of rotatable bonds is 2. The van der Waals surface area contributed by atoms with Crippen molar-refractivity contribution < 1.29 is 9.53 Å². The molecule has 1 unspecified atom stereocenters. The first-order chi connectivity index (χ1) is 12.2. The van der Waals surface area contributed by atoms with Crippen LogP contribution in [0.1, 0.15) is 12.5 Å². The molecule has 4 rings (SSSR count). The highest BCUT2D eigenvalue weighted by atomic mass is 32.2. The summed E-state index contributed by atoms with van der Waals surface area (Å²) in [5, 5.41) is 3.30. The third-order valence-electron chi connectivity index (χ3n) is 3.83. The third-order valence-corrected chi connectivity index (χ3v) is 4.74. The zero-order valence-corrected chi connectivity index (χ0v) is 14.3. The first-order valence-electron chi connectivity index (χ1n) is 7.87. The van der Waals surface area contributed by atoms with Crippen LogP contribution < -0.4 is 10.1 Å². The number of nitrogens with zero attached hydrogens (tertiary/aromatic N) is 2. The van der Waals surface area contributed by atoms with Crippen LogP contribution in [0.3, 0.4) is 0 Å². The lowest BCUT2D eigenvalue weighted by Crippen LogP contribution is -2.20. The summed E-state index contributed by atoms with van der Waals surface area (Å²) >= 11 is 1.30. The van der Waals surface area contributed by atoms with Gasteiger partial charge in [-0.3, -0.25) is 4.79 Å². The molecule has 0 radical (unpaired) electrons. The Morgan fingerprint density at radius 1 is 1.24 bits per heavy atom. The SMILES string of the molecule is CC1Oc2ccccc2C=C1/C=C1\S/C(=N/c2ccccn2)NC1=O. The number of carbonyl (C=O) groups excluding carboxylic acids is 1. The van der Waals surface area contributed by atoms with Gasteiger partial charge < -0.3 is 10.1 Å². The van der Waals surface area contributed by atoms with Crippen LogP contribution in [-0.4, -0.2) is 22.2 Å². The van der Waals surface area contributed by atoms with Gasteiger partial charge in [-0.15, -0.1) is 0 Å². The maximum atomic E-state index is 12.2. The number of benzene rings is 1. The summed E-state index contributed by atoms with van der Waals surface area (Å²) in [4.78, 5) is 21.3. The molecule has 2 aliphatic rings. The summed E-state index contributed by atoms with van der Waals surface area (Å²) in [6.45, 7) is 1.97. The molecular weight excluding hydrogens is 334 g/mol. The van der Waals surface area contributed by atoms with Gasteiger partial charge in [0.1, 0.15) is 11.9 Å². The van der Waals surface area contributed by atoms with E-state index in [1.54, 1.807) is 12.3 Å². The first-order valence-corrected chi connectivity index (χ1v) is 8.68. The van der Waals surface area contributed by atoms with Crippen molar-refractivity contribution in [2.45, 2.75) is 13.0 Å². The van der Waals surface area contributed by atoms with Gasteiger partial charge in [0, 0.05) is 11.8 Å². The lowest BCUT2D eigenvalue weighted by molar-refractivity contribution is -0.115. The zero-order valence-electron chi connectivity index (χ0n) is 13.5. The number of aliphatic imine (C=N–C) groups is 1. The second-order valence-electron chi connectivity index (χ2n) is 5.61. The van der Waals surface area contributed by atoms with Crippen LogP contribution in [0.4, 0.5) is 5.82 Å². The highest BCUT2D eigenvalue weighted by Gasteiger charge is 2.26. The molecule has 3 heterocycles. The van der Waals surface area contributed by atoms with E-state index in [2.05, 4.69) is 21.4 Å². The highest BCUT2D eigenvalue weighted by molar-refractivity contribution is 8.18. The van der Waals surface area contributed by atoms with Gasteiger partial charge in [0.05, 0.1) is 4.91 Å². The number of amides is 1. The molecule has 1 aromatic heterocycles. The standard InChI is InChI=1S/C19H15N3O2S/c1-12-14(10-13-6-2-3-7-15(13)24-12)11-16-18(23)22-19(25-16)21-17-8-4-5-9-20-17/h2-12H,1H3,(H,20,21,22,23)/b16-11-. The second kappa shape index (κ2) is 6.57. The van der Waals surface area contributed by atoms with Crippen molar-refractivity contribution in [3.05, 3.63) is 70.8 Å². The minimum Gasteiger partial charge on any atom is -0.485 e. The molecule has 2 aliphatic heterocycles. The molecule has 1 saturated heterocycles. The number of thioether (sulfide) groups is 1. The van der Waals surface area contributed by atoms with Crippen molar-refractivity contribution >= 4 is 34.7 Å². The Hall–Kier alpha value is -2.86. The molecule has 124 valence electrons. The molecular formula is C19H15N3O2S. The fourth-order valence-electron chi connectivity index (χ4n) is 2.58. The van der Waals surface area contributed by atoms with Gasteiger partial charge in [0.2, 0.25) is 0 Å². The van der Waals surface area contributed by atoms with E-state index >= 15 is 0 Å². The maximum Gasteiger partial charge on any atom is 0.264 e.